The second kappa shape index (κ2) is 14.5. The second-order valence-corrected chi connectivity index (χ2v) is 12.3. The maximum Gasteiger partial charge on any atom is 0.0669 e. The number of aryl methyl sites for hydroxylation is 4. The SMILES string of the molecule is Cc1cc(C(C)(C)C)cc(C)c1CC#N.Cc1cc(C(C)(C)C)cc(C)c1CC1=NCCC1.NCCN. The van der Waals surface area contributed by atoms with Crippen molar-refractivity contribution in [2.45, 2.75) is 106 Å². The van der Waals surface area contributed by atoms with Gasteiger partial charge >= 0.3 is 0 Å². The Morgan fingerprint density at radius 2 is 1.16 bits per heavy atom. The highest BCUT2D eigenvalue weighted by Gasteiger charge is 2.18. The van der Waals surface area contributed by atoms with Gasteiger partial charge in [0.05, 0.1) is 12.5 Å². The van der Waals surface area contributed by atoms with Gasteiger partial charge in [0, 0.05) is 31.8 Å². The number of hydrogen-bond acceptors (Lipinski definition) is 4. The first kappa shape index (κ1) is 32.5. The van der Waals surface area contributed by atoms with Gasteiger partial charge in [-0.1, -0.05) is 65.8 Å². The molecule has 1 aliphatic heterocycles. The van der Waals surface area contributed by atoms with E-state index >= 15 is 0 Å². The van der Waals surface area contributed by atoms with E-state index in [1.165, 1.54) is 63.1 Å². The summed E-state index contributed by atoms with van der Waals surface area (Å²) in [6, 6.07) is 11.4. The van der Waals surface area contributed by atoms with Crippen LogP contribution in [0.5, 0.6) is 0 Å². The number of aliphatic imine (C=N–C) groups is 1. The van der Waals surface area contributed by atoms with Crippen molar-refractivity contribution >= 4 is 5.71 Å². The number of hydrogen-bond donors (Lipinski definition) is 2. The Morgan fingerprint density at radius 3 is 1.46 bits per heavy atom. The van der Waals surface area contributed by atoms with E-state index in [1.54, 1.807) is 0 Å². The zero-order chi connectivity index (χ0) is 28.4. The number of nitriles is 1. The fourth-order valence-electron chi connectivity index (χ4n) is 4.44. The predicted molar refractivity (Wildman–Crippen MR) is 162 cm³/mol. The number of nitrogens with zero attached hydrogens (tertiary/aromatic N) is 2. The average Bonchev–Trinajstić information content (AvgIpc) is 3.31. The highest BCUT2D eigenvalue weighted by Crippen LogP contribution is 2.28. The summed E-state index contributed by atoms with van der Waals surface area (Å²) in [5, 5.41) is 8.75. The lowest BCUT2D eigenvalue weighted by atomic mass is 9.83. The number of nitrogens with two attached hydrogens (primary N) is 2. The molecular formula is C33H52N4. The summed E-state index contributed by atoms with van der Waals surface area (Å²) in [6.07, 6.45) is 4.01. The Balaban J connectivity index is 0.000000328. The molecule has 4 nitrogen and oxygen atoms in total. The molecule has 3 rings (SSSR count). The first-order valence-corrected chi connectivity index (χ1v) is 13.7. The van der Waals surface area contributed by atoms with E-state index in [9.17, 15) is 0 Å². The molecule has 0 saturated heterocycles. The molecule has 0 radical (unpaired) electrons. The predicted octanol–water partition coefficient (Wildman–Crippen LogP) is 6.95. The topological polar surface area (TPSA) is 88.2 Å². The lowest BCUT2D eigenvalue weighted by molar-refractivity contribution is 0.588. The third kappa shape index (κ3) is 10.4. The molecule has 0 amide bonds. The highest BCUT2D eigenvalue weighted by atomic mass is 14.8. The second-order valence-electron chi connectivity index (χ2n) is 12.3. The van der Waals surface area contributed by atoms with E-state index in [0.29, 0.717) is 19.5 Å². The van der Waals surface area contributed by atoms with Crippen molar-refractivity contribution in [1.82, 2.24) is 0 Å². The molecule has 0 spiro atoms. The number of benzene rings is 2. The average molecular weight is 505 g/mol. The van der Waals surface area contributed by atoms with Crippen molar-refractivity contribution < 1.29 is 0 Å². The Labute approximate surface area is 227 Å². The summed E-state index contributed by atoms with van der Waals surface area (Å²) < 4.78 is 0. The van der Waals surface area contributed by atoms with Crippen molar-refractivity contribution in [3.05, 3.63) is 68.8 Å². The van der Waals surface area contributed by atoms with Crippen LogP contribution in [-0.4, -0.2) is 25.3 Å². The molecule has 0 aliphatic carbocycles. The Morgan fingerprint density at radius 1 is 0.757 bits per heavy atom. The van der Waals surface area contributed by atoms with Gasteiger partial charge in [-0.25, -0.2) is 0 Å². The van der Waals surface area contributed by atoms with Crippen LogP contribution in [0, 0.1) is 39.0 Å². The van der Waals surface area contributed by atoms with Crippen LogP contribution < -0.4 is 11.5 Å². The van der Waals surface area contributed by atoms with Crippen LogP contribution >= 0.6 is 0 Å². The summed E-state index contributed by atoms with van der Waals surface area (Å²) in [4.78, 5) is 4.60. The molecule has 0 saturated carbocycles. The molecule has 204 valence electrons. The van der Waals surface area contributed by atoms with Crippen LogP contribution in [0.1, 0.15) is 98.9 Å². The third-order valence-corrected chi connectivity index (χ3v) is 6.89. The van der Waals surface area contributed by atoms with Crippen molar-refractivity contribution in [2.24, 2.45) is 16.5 Å². The van der Waals surface area contributed by atoms with Gasteiger partial charge < -0.3 is 11.5 Å². The fourth-order valence-corrected chi connectivity index (χ4v) is 4.44. The van der Waals surface area contributed by atoms with Crippen LogP contribution in [0.4, 0.5) is 0 Å². The smallest absolute Gasteiger partial charge is 0.0669 e. The van der Waals surface area contributed by atoms with Crippen molar-refractivity contribution in [1.29, 1.82) is 5.26 Å². The summed E-state index contributed by atoms with van der Waals surface area (Å²) >= 11 is 0. The Kier molecular flexibility index (Phi) is 12.7. The lowest BCUT2D eigenvalue weighted by Gasteiger charge is -2.22. The molecule has 0 bridgehead atoms. The van der Waals surface area contributed by atoms with Crippen molar-refractivity contribution in [2.75, 3.05) is 19.6 Å². The fraction of sp³-hybridized carbons (Fsp3) is 0.576. The van der Waals surface area contributed by atoms with Crippen LogP contribution in [-0.2, 0) is 23.7 Å². The van der Waals surface area contributed by atoms with E-state index < -0.39 is 0 Å². The maximum atomic E-state index is 8.75. The van der Waals surface area contributed by atoms with Crippen molar-refractivity contribution in [3.8, 4) is 6.07 Å². The van der Waals surface area contributed by atoms with Crippen molar-refractivity contribution in [3.63, 3.8) is 0 Å². The van der Waals surface area contributed by atoms with Crippen LogP contribution in [0.3, 0.4) is 0 Å². The summed E-state index contributed by atoms with van der Waals surface area (Å²) in [7, 11) is 0. The standard InChI is InChI=1S/C17H25N.C14H19N.C2H8N2/c1-12-9-14(17(3,4)5)10-13(2)16(12)11-15-7-6-8-18-15;1-10-8-12(14(3,4)5)9-11(2)13(10)6-7-15;3-1-2-4/h9-10H,6-8,11H2,1-5H3;8-9H,6H2,1-5H3;1-4H2. The summed E-state index contributed by atoms with van der Waals surface area (Å²) in [5.74, 6) is 0. The van der Waals surface area contributed by atoms with Gasteiger partial charge in [-0.05, 0) is 95.9 Å². The quantitative estimate of drug-likeness (QED) is 0.472. The summed E-state index contributed by atoms with van der Waals surface area (Å²) in [5.41, 5.74) is 22.4. The molecular weight excluding hydrogens is 452 g/mol. The zero-order valence-electron chi connectivity index (χ0n) is 25.3. The number of rotatable bonds is 4. The third-order valence-electron chi connectivity index (χ3n) is 6.89. The lowest BCUT2D eigenvalue weighted by Crippen LogP contribution is -2.13. The van der Waals surface area contributed by atoms with Crippen LogP contribution in [0.25, 0.3) is 0 Å². The first-order valence-electron chi connectivity index (χ1n) is 13.7. The van der Waals surface area contributed by atoms with Crippen LogP contribution in [0.2, 0.25) is 0 Å². The minimum absolute atomic E-state index is 0.181. The molecule has 0 atom stereocenters. The van der Waals surface area contributed by atoms with E-state index in [4.69, 9.17) is 16.7 Å². The molecule has 0 unspecified atom stereocenters. The molecule has 4 heteroatoms. The normalized spacial score (nSPS) is 13.1. The molecule has 37 heavy (non-hydrogen) atoms. The van der Waals surface area contributed by atoms with Gasteiger partial charge in [0.2, 0.25) is 0 Å². The molecule has 0 fully saturated rings. The van der Waals surface area contributed by atoms with Gasteiger partial charge in [-0.2, -0.15) is 5.26 Å². The van der Waals surface area contributed by atoms with Gasteiger partial charge in [0.1, 0.15) is 0 Å². The minimum Gasteiger partial charge on any atom is -0.329 e. The van der Waals surface area contributed by atoms with E-state index in [1.807, 2.05) is 0 Å². The molecule has 0 aromatic heterocycles. The molecule has 1 aliphatic rings. The summed E-state index contributed by atoms with van der Waals surface area (Å²) in [6.45, 7) is 24.4. The molecule has 2 aromatic rings. The van der Waals surface area contributed by atoms with Gasteiger partial charge in [0.25, 0.3) is 0 Å². The minimum atomic E-state index is 0.181. The van der Waals surface area contributed by atoms with E-state index in [0.717, 1.165) is 13.0 Å². The van der Waals surface area contributed by atoms with E-state index in [2.05, 4.69) is 105 Å². The van der Waals surface area contributed by atoms with Gasteiger partial charge in [0.15, 0.2) is 0 Å². The first-order chi connectivity index (χ1) is 17.1. The van der Waals surface area contributed by atoms with E-state index in [-0.39, 0.29) is 10.8 Å². The monoisotopic (exact) mass is 504 g/mol. The van der Waals surface area contributed by atoms with Gasteiger partial charge in [-0.15, -0.1) is 0 Å². The highest BCUT2D eigenvalue weighted by molar-refractivity contribution is 5.88. The molecule has 1 heterocycles. The maximum absolute atomic E-state index is 8.75. The molecule has 4 N–H and O–H groups in total. The Bertz CT molecular complexity index is 1040. The van der Waals surface area contributed by atoms with Gasteiger partial charge in [-0.3, -0.25) is 4.99 Å². The molecule has 2 aromatic carbocycles. The Hall–Kier alpha value is -2.48. The zero-order valence-corrected chi connectivity index (χ0v) is 25.3. The largest absolute Gasteiger partial charge is 0.329 e. The van der Waals surface area contributed by atoms with Crippen LogP contribution in [0.15, 0.2) is 29.3 Å².